The highest BCUT2D eigenvalue weighted by Gasteiger charge is 2.17. The third-order valence-corrected chi connectivity index (χ3v) is 4.69. The summed E-state index contributed by atoms with van der Waals surface area (Å²) in [5.74, 6) is -0.845. The summed E-state index contributed by atoms with van der Waals surface area (Å²) in [6.45, 7) is 1.68. The first kappa shape index (κ1) is 18.2. The van der Waals surface area contributed by atoms with Crippen LogP contribution in [-0.2, 0) is 9.53 Å². The van der Waals surface area contributed by atoms with Crippen molar-refractivity contribution in [3.05, 3.63) is 70.3 Å². The van der Waals surface area contributed by atoms with Crippen LogP contribution in [-0.4, -0.2) is 23.5 Å². The van der Waals surface area contributed by atoms with Crippen molar-refractivity contribution in [2.75, 3.05) is 6.61 Å². The molecule has 0 saturated carbocycles. The lowest BCUT2D eigenvalue weighted by molar-refractivity contribution is -0.125. The molecular formula is C20H19BrN2O3. The van der Waals surface area contributed by atoms with Crippen molar-refractivity contribution in [2.45, 2.75) is 19.4 Å². The number of rotatable bonds is 6. The molecule has 134 valence electrons. The van der Waals surface area contributed by atoms with Crippen LogP contribution in [0.25, 0.3) is 10.9 Å². The van der Waals surface area contributed by atoms with Crippen molar-refractivity contribution in [3.8, 4) is 0 Å². The molecule has 1 heterocycles. The highest BCUT2D eigenvalue weighted by Crippen LogP contribution is 2.20. The number of amides is 1. The Bertz CT molecular complexity index is 918. The van der Waals surface area contributed by atoms with Gasteiger partial charge in [0.15, 0.2) is 6.61 Å². The van der Waals surface area contributed by atoms with Crippen molar-refractivity contribution in [3.63, 3.8) is 0 Å². The standard InChI is InChI=1S/C20H19BrN2O3/c1-2-17(13-7-9-14(21)10-8-13)23-19(24)12-26-20(25)16-11-22-18-6-4-3-5-15(16)18/h3-11,17,22H,2,12H2,1H3,(H,23,24)/t17-/m1/s1. The molecular weight excluding hydrogens is 396 g/mol. The Hall–Kier alpha value is -2.60. The zero-order chi connectivity index (χ0) is 18.5. The number of aromatic nitrogens is 1. The maximum absolute atomic E-state index is 12.3. The summed E-state index contributed by atoms with van der Waals surface area (Å²) >= 11 is 3.40. The first-order chi connectivity index (χ1) is 12.6. The molecule has 26 heavy (non-hydrogen) atoms. The van der Waals surface area contributed by atoms with E-state index in [0.29, 0.717) is 5.56 Å². The summed E-state index contributed by atoms with van der Waals surface area (Å²) in [4.78, 5) is 27.5. The number of carbonyl (C=O) groups excluding carboxylic acids is 2. The first-order valence-corrected chi connectivity index (χ1v) is 9.16. The van der Waals surface area contributed by atoms with Gasteiger partial charge in [0.25, 0.3) is 5.91 Å². The molecule has 0 aliphatic carbocycles. The van der Waals surface area contributed by atoms with Gasteiger partial charge in [-0.05, 0) is 30.2 Å². The van der Waals surface area contributed by atoms with E-state index in [0.717, 1.165) is 27.4 Å². The fraction of sp³-hybridized carbons (Fsp3) is 0.200. The van der Waals surface area contributed by atoms with Gasteiger partial charge in [0.05, 0.1) is 11.6 Å². The average Bonchev–Trinajstić information content (AvgIpc) is 3.09. The largest absolute Gasteiger partial charge is 0.452 e. The molecule has 1 aromatic heterocycles. The van der Waals surface area contributed by atoms with Gasteiger partial charge in [-0.3, -0.25) is 4.79 Å². The number of H-pyrrole nitrogens is 1. The molecule has 0 aliphatic rings. The third-order valence-electron chi connectivity index (χ3n) is 4.16. The van der Waals surface area contributed by atoms with E-state index in [4.69, 9.17) is 4.74 Å². The maximum atomic E-state index is 12.3. The molecule has 2 aromatic carbocycles. The van der Waals surface area contributed by atoms with Gasteiger partial charge in [-0.25, -0.2) is 4.79 Å². The topological polar surface area (TPSA) is 71.2 Å². The fourth-order valence-electron chi connectivity index (χ4n) is 2.80. The van der Waals surface area contributed by atoms with Crippen LogP contribution in [0.2, 0.25) is 0 Å². The number of benzene rings is 2. The van der Waals surface area contributed by atoms with E-state index in [2.05, 4.69) is 26.2 Å². The maximum Gasteiger partial charge on any atom is 0.340 e. The summed E-state index contributed by atoms with van der Waals surface area (Å²) < 4.78 is 6.16. The highest BCUT2D eigenvalue weighted by molar-refractivity contribution is 9.10. The van der Waals surface area contributed by atoms with Crippen LogP contribution < -0.4 is 5.32 Å². The minimum Gasteiger partial charge on any atom is -0.452 e. The number of hydrogen-bond acceptors (Lipinski definition) is 3. The molecule has 5 nitrogen and oxygen atoms in total. The van der Waals surface area contributed by atoms with E-state index in [-0.39, 0.29) is 18.6 Å². The van der Waals surface area contributed by atoms with Crippen molar-refractivity contribution >= 4 is 38.7 Å². The van der Waals surface area contributed by atoms with Gasteiger partial charge in [0.2, 0.25) is 0 Å². The second-order valence-corrected chi connectivity index (χ2v) is 6.82. The quantitative estimate of drug-likeness (QED) is 0.588. The second kappa shape index (κ2) is 8.19. The number of esters is 1. The van der Waals surface area contributed by atoms with Crippen molar-refractivity contribution in [1.29, 1.82) is 0 Å². The molecule has 0 aliphatic heterocycles. The summed E-state index contributed by atoms with van der Waals surface area (Å²) in [5.41, 5.74) is 2.28. The average molecular weight is 415 g/mol. The van der Waals surface area contributed by atoms with Gasteiger partial charge < -0.3 is 15.0 Å². The van der Waals surface area contributed by atoms with Gasteiger partial charge >= 0.3 is 5.97 Å². The number of hydrogen-bond donors (Lipinski definition) is 2. The summed E-state index contributed by atoms with van der Waals surface area (Å²) in [6, 6.07) is 15.1. The second-order valence-electron chi connectivity index (χ2n) is 5.90. The van der Waals surface area contributed by atoms with Crippen LogP contribution in [0.1, 0.15) is 35.3 Å². The first-order valence-electron chi connectivity index (χ1n) is 8.36. The number of aromatic amines is 1. The van der Waals surface area contributed by atoms with Crippen molar-refractivity contribution in [1.82, 2.24) is 10.3 Å². The van der Waals surface area contributed by atoms with E-state index in [1.54, 1.807) is 6.20 Å². The number of para-hydroxylation sites is 1. The van der Waals surface area contributed by atoms with Crippen LogP contribution in [0, 0.1) is 0 Å². The Labute approximate surface area is 159 Å². The molecule has 6 heteroatoms. The SMILES string of the molecule is CC[C@@H](NC(=O)COC(=O)c1c[nH]c2ccccc12)c1ccc(Br)cc1. The lowest BCUT2D eigenvalue weighted by Gasteiger charge is -2.17. The molecule has 3 aromatic rings. The fourth-order valence-corrected chi connectivity index (χ4v) is 3.07. The van der Waals surface area contributed by atoms with Crippen LogP contribution in [0.3, 0.4) is 0 Å². The Morgan fingerprint density at radius 1 is 1.15 bits per heavy atom. The molecule has 0 saturated heterocycles. The summed E-state index contributed by atoms with van der Waals surface area (Å²) in [5, 5.41) is 3.68. The summed E-state index contributed by atoms with van der Waals surface area (Å²) in [6.07, 6.45) is 2.34. The van der Waals surface area contributed by atoms with Crippen LogP contribution in [0.4, 0.5) is 0 Å². The molecule has 2 N–H and O–H groups in total. The molecule has 1 amide bonds. The van der Waals surface area contributed by atoms with Crippen LogP contribution in [0.5, 0.6) is 0 Å². The lowest BCUT2D eigenvalue weighted by atomic mass is 10.0. The van der Waals surface area contributed by atoms with Gasteiger partial charge in [-0.2, -0.15) is 0 Å². The van der Waals surface area contributed by atoms with E-state index in [1.807, 2.05) is 55.5 Å². The highest BCUT2D eigenvalue weighted by atomic mass is 79.9. The van der Waals surface area contributed by atoms with Crippen LogP contribution >= 0.6 is 15.9 Å². The van der Waals surface area contributed by atoms with E-state index >= 15 is 0 Å². The Morgan fingerprint density at radius 3 is 2.62 bits per heavy atom. The predicted molar refractivity (Wildman–Crippen MR) is 104 cm³/mol. The number of ether oxygens (including phenoxy) is 1. The molecule has 3 rings (SSSR count). The molecule has 0 spiro atoms. The summed E-state index contributed by atoms with van der Waals surface area (Å²) in [7, 11) is 0. The number of halogens is 1. The molecule has 0 fully saturated rings. The zero-order valence-corrected chi connectivity index (χ0v) is 15.9. The molecule has 0 unspecified atom stereocenters. The van der Waals surface area contributed by atoms with Crippen LogP contribution in [0.15, 0.2) is 59.2 Å². The van der Waals surface area contributed by atoms with Crippen molar-refractivity contribution < 1.29 is 14.3 Å². The van der Waals surface area contributed by atoms with Gasteiger partial charge in [0, 0.05) is 21.6 Å². The van der Waals surface area contributed by atoms with E-state index in [9.17, 15) is 9.59 Å². The van der Waals surface area contributed by atoms with Gasteiger partial charge in [-0.1, -0.05) is 53.2 Å². The Kier molecular flexibility index (Phi) is 5.73. The number of carbonyl (C=O) groups is 2. The third kappa shape index (κ3) is 4.14. The normalized spacial score (nSPS) is 11.9. The Morgan fingerprint density at radius 2 is 1.88 bits per heavy atom. The smallest absolute Gasteiger partial charge is 0.340 e. The lowest BCUT2D eigenvalue weighted by Crippen LogP contribution is -2.32. The molecule has 1 atom stereocenters. The number of fused-ring (bicyclic) bond motifs is 1. The van der Waals surface area contributed by atoms with E-state index in [1.165, 1.54) is 0 Å². The minimum absolute atomic E-state index is 0.123. The zero-order valence-electron chi connectivity index (χ0n) is 14.3. The van der Waals surface area contributed by atoms with Crippen molar-refractivity contribution in [2.24, 2.45) is 0 Å². The van der Waals surface area contributed by atoms with E-state index < -0.39 is 5.97 Å². The molecule has 0 radical (unpaired) electrons. The van der Waals surface area contributed by atoms with Gasteiger partial charge in [0.1, 0.15) is 0 Å². The van der Waals surface area contributed by atoms with Gasteiger partial charge in [-0.15, -0.1) is 0 Å². The number of nitrogens with one attached hydrogen (secondary N) is 2. The molecule has 0 bridgehead atoms. The predicted octanol–water partition coefficient (Wildman–Crippen LogP) is 4.35. The monoisotopic (exact) mass is 414 g/mol. The minimum atomic E-state index is -0.519. The Balaban J connectivity index is 1.59.